The summed E-state index contributed by atoms with van der Waals surface area (Å²) in [6, 6.07) is 0. The van der Waals surface area contributed by atoms with Crippen LogP contribution in [0.4, 0.5) is 0 Å². The predicted octanol–water partition coefficient (Wildman–Crippen LogP) is 1.46. The van der Waals surface area contributed by atoms with Gasteiger partial charge in [-0.25, -0.2) is 0 Å². The van der Waals surface area contributed by atoms with E-state index in [0.29, 0.717) is 0 Å². The highest BCUT2D eigenvalue weighted by Gasteiger charge is 2.24. The minimum atomic E-state index is 0.128. The van der Waals surface area contributed by atoms with Crippen LogP contribution in [0.5, 0.6) is 0 Å². The largest absolute Gasteiger partial charge is 0.379 e. The minimum Gasteiger partial charge on any atom is -0.379 e. The molecule has 4 nitrogen and oxygen atoms in total. The Kier molecular flexibility index (Phi) is 5.63. The Labute approximate surface area is 110 Å². The van der Waals surface area contributed by atoms with Gasteiger partial charge in [0.15, 0.2) is 0 Å². The van der Waals surface area contributed by atoms with E-state index in [4.69, 9.17) is 14.2 Å². The van der Waals surface area contributed by atoms with Crippen LogP contribution < -0.4 is 0 Å². The van der Waals surface area contributed by atoms with Crippen molar-refractivity contribution in [3.63, 3.8) is 0 Å². The lowest BCUT2D eigenvalue weighted by molar-refractivity contribution is -0.0545. The van der Waals surface area contributed by atoms with Crippen molar-refractivity contribution >= 4 is 0 Å². The number of morpholine rings is 1. The second kappa shape index (κ2) is 7.24. The molecule has 0 aromatic rings. The van der Waals surface area contributed by atoms with E-state index in [1.54, 1.807) is 7.11 Å². The van der Waals surface area contributed by atoms with Gasteiger partial charge in [0.25, 0.3) is 0 Å². The first-order valence-corrected chi connectivity index (χ1v) is 6.91. The number of nitrogens with zero attached hydrogens (tertiary/aromatic N) is 1. The highest BCUT2D eigenvalue weighted by molar-refractivity contribution is 5.09. The molecule has 0 N–H and O–H groups in total. The molecule has 0 aromatic heterocycles. The maximum absolute atomic E-state index is 5.99. The average Bonchev–Trinajstić information content (AvgIpc) is 2.41. The van der Waals surface area contributed by atoms with Gasteiger partial charge in [0.1, 0.15) is 6.10 Å². The molecule has 2 atom stereocenters. The van der Waals surface area contributed by atoms with Gasteiger partial charge in [0.2, 0.25) is 0 Å². The van der Waals surface area contributed by atoms with Gasteiger partial charge in [-0.2, -0.15) is 0 Å². The van der Waals surface area contributed by atoms with E-state index < -0.39 is 0 Å². The number of hydrogen-bond acceptors (Lipinski definition) is 4. The maximum atomic E-state index is 5.99. The zero-order valence-electron chi connectivity index (χ0n) is 11.6. The van der Waals surface area contributed by atoms with Gasteiger partial charge in [-0.3, -0.25) is 4.90 Å². The molecule has 1 fully saturated rings. The molecule has 0 amide bonds. The van der Waals surface area contributed by atoms with Gasteiger partial charge in [-0.05, 0) is 19.8 Å². The fourth-order valence-electron chi connectivity index (χ4n) is 2.56. The first-order chi connectivity index (χ1) is 8.79. The molecule has 2 aliphatic rings. The SMILES string of the molecule is COC1C=C(C)CCC1OCCN1CCOCC1. The molecule has 104 valence electrons. The molecule has 0 spiro atoms. The minimum absolute atomic E-state index is 0.128. The molecule has 1 aliphatic carbocycles. The van der Waals surface area contributed by atoms with Crippen LogP contribution in [0.1, 0.15) is 19.8 Å². The van der Waals surface area contributed by atoms with Gasteiger partial charge in [0, 0.05) is 26.7 Å². The Morgan fingerprint density at radius 2 is 2.17 bits per heavy atom. The Morgan fingerprint density at radius 3 is 2.89 bits per heavy atom. The highest BCUT2D eigenvalue weighted by Crippen LogP contribution is 2.22. The van der Waals surface area contributed by atoms with E-state index >= 15 is 0 Å². The molecule has 0 aromatic carbocycles. The van der Waals surface area contributed by atoms with Crippen LogP contribution in [0.2, 0.25) is 0 Å². The third kappa shape index (κ3) is 4.05. The topological polar surface area (TPSA) is 30.9 Å². The van der Waals surface area contributed by atoms with Crippen molar-refractivity contribution in [2.24, 2.45) is 0 Å². The molecule has 4 heteroatoms. The summed E-state index contributed by atoms with van der Waals surface area (Å²) in [5, 5.41) is 0. The van der Waals surface area contributed by atoms with E-state index in [2.05, 4.69) is 17.9 Å². The lowest BCUT2D eigenvalue weighted by Gasteiger charge is -2.31. The fraction of sp³-hybridized carbons (Fsp3) is 0.857. The number of hydrogen-bond donors (Lipinski definition) is 0. The first kappa shape index (κ1) is 14.0. The van der Waals surface area contributed by atoms with Crippen LogP contribution in [-0.4, -0.2) is 63.7 Å². The van der Waals surface area contributed by atoms with E-state index in [-0.39, 0.29) is 12.2 Å². The summed E-state index contributed by atoms with van der Waals surface area (Å²) in [7, 11) is 1.76. The molecule has 18 heavy (non-hydrogen) atoms. The lowest BCUT2D eigenvalue weighted by Crippen LogP contribution is -2.40. The Hall–Kier alpha value is -0.420. The maximum Gasteiger partial charge on any atom is 0.102 e. The summed E-state index contributed by atoms with van der Waals surface area (Å²) in [5.74, 6) is 0. The fourth-order valence-corrected chi connectivity index (χ4v) is 2.56. The number of rotatable bonds is 5. The van der Waals surface area contributed by atoms with Gasteiger partial charge in [0.05, 0.1) is 25.9 Å². The number of allylic oxidation sites excluding steroid dienone is 1. The Bertz CT molecular complexity index is 274. The molecule has 1 saturated heterocycles. The molecule has 2 rings (SSSR count). The summed E-state index contributed by atoms with van der Waals surface area (Å²) < 4.78 is 16.8. The zero-order valence-corrected chi connectivity index (χ0v) is 11.6. The van der Waals surface area contributed by atoms with Crippen LogP contribution in [0.15, 0.2) is 11.6 Å². The van der Waals surface area contributed by atoms with E-state index in [1.165, 1.54) is 5.57 Å². The van der Waals surface area contributed by atoms with E-state index in [1.807, 2.05) is 0 Å². The van der Waals surface area contributed by atoms with Gasteiger partial charge < -0.3 is 14.2 Å². The van der Waals surface area contributed by atoms with Crippen molar-refractivity contribution in [1.82, 2.24) is 4.90 Å². The predicted molar refractivity (Wildman–Crippen MR) is 70.8 cm³/mol. The molecule has 0 bridgehead atoms. The number of ether oxygens (including phenoxy) is 3. The Balaban J connectivity index is 1.69. The second-order valence-corrected chi connectivity index (χ2v) is 5.12. The van der Waals surface area contributed by atoms with Gasteiger partial charge in [-0.15, -0.1) is 0 Å². The quantitative estimate of drug-likeness (QED) is 0.696. The molecular formula is C14H25NO3. The third-order valence-electron chi connectivity index (χ3n) is 3.75. The van der Waals surface area contributed by atoms with Crippen LogP contribution in [0.3, 0.4) is 0 Å². The summed E-state index contributed by atoms with van der Waals surface area (Å²) in [6.45, 7) is 7.71. The molecule has 1 heterocycles. The summed E-state index contributed by atoms with van der Waals surface area (Å²) in [6.07, 6.45) is 4.75. The summed E-state index contributed by atoms with van der Waals surface area (Å²) >= 11 is 0. The van der Waals surface area contributed by atoms with Crippen LogP contribution >= 0.6 is 0 Å². The molecule has 1 aliphatic heterocycles. The third-order valence-corrected chi connectivity index (χ3v) is 3.75. The van der Waals surface area contributed by atoms with E-state index in [9.17, 15) is 0 Å². The smallest absolute Gasteiger partial charge is 0.102 e. The highest BCUT2D eigenvalue weighted by atomic mass is 16.5. The van der Waals surface area contributed by atoms with Crippen LogP contribution in [0, 0.1) is 0 Å². The second-order valence-electron chi connectivity index (χ2n) is 5.12. The number of methoxy groups -OCH3 is 1. The van der Waals surface area contributed by atoms with Crippen molar-refractivity contribution < 1.29 is 14.2 Å². The van der Waals surface area contributed by atoms with Crippen molar-refractivity contribution in [3.05, 3.63) is 11.6 Å². The average molecular weight is 255 g/mol. The molecule has 2 unspecified atom stereocenters. The zero-order chi connectivity index (χ0) is 12.8. The first-order valence-electron chi connectivity index (χ1n) is 6.91. The lowest BCUT2D eigenvalue weighted by atomic mass is 9.96. The van der Waals surface area contributed by atoms with Gasteiger partial charge in [-0.1, -0.05) is 11.6 Å². The monoisotopic (exact) mass is 255 g/mol. The normalized spacial score (nSPS) is 30.2. The molecular weight excluding hydrogens is 230 g/mol. The van der Waals surface area contributed by atoms with Crippen LogP contribution in [0.25, 0.3) is 0 Å². The molecule has 0 saturated carbocycles. The standard InChI is InChI=1S/C14H25NO3/c1-12-3-4-13(14(11-12)16-2)18-10-7-15-5-8-17-9-6-15/h11,13-14H,3-10H2,1-2H3. The summed E-state index contributed by atoms with van der Waals surface area (Å²) in [5.41, 5.74) is 1.41. The molecule has 0 radical (unpaired) electrons. The van der Waals surface area contributed by atoms with Gasteiger partial charge >= 0.3 is 0 Å². The summed E-state index contributed by atoms with van der Waals surface area (Å²) in [4.78, 5) is 2.40. The Morgan fingerprint density at radius 1 is 1.39 bits per heavy atom. The van der Waals surface area contributed by atoms with Crippen molar-refractivity contribution in [1.29, 1.82) is 0 Å². The van der Waals surface area contributed by atoms with Crippen molar-refractivity contribution in [3.8, 4) is 0 Å². The van der Waals surface area contributed by atoms with Crippen molar-refractivity contribution in [2.75, 3.05) is 46.6 Å². The van der Waals surface area contributed by atoms with E-state index in [0.717, 1.165) is 52.3 Å². The van der Waals surface area contributed by atoms with Crippen molar-refractivity contribution in [2.45, 2.75) is 32.0 Å². The van der Waals surface area contributed by atoms with Crippen LogP contribution in [-0.2, 0) is 14.2 Å².